The molecule has 2 aliphatic heterocycles. The maximum Gasteiger partial charge on any atom is 0.185 e. The van der Waals surface area contributed by atoms with E-state index in [4.69, 9.17) is 41.9 Å². The van der Waals surface area contributed by atoms with E-state index in [1.807, 2.05) is 6.92 Å². The summed E-state index contributed by atoms with van der Waals surface area (Å²) in [6.45, 7) is 3.34. The fourth-order valence-corrected chi connectivity index (χ4v) is 4.87. The Hall–Kier alpha value is -0.480. The first kappa shape index (κ1) is 26.1. The Bertz CT molecular complexity index is 615. The number of hydrogen-bond acceptors (Lipinski definition) is 12. The van der Waals surface area contributed by atoms with Crippen molar-refractivity contribution in [1.82, 2.24) is 5.32 Å². The Kier molecular flexibility index (Phi) is 8.51. The summed E-state index contributed by atoms with van der Waals surface area (Å²) >= 11 is 0. The van der Waals surface area contributed by atoms with E-state index in [1.54, 1.807) is 14.0 Å². The molecule has 12 N–H and O–H groups in total. The zero-order valence-corrected chi connectivity index (χ0v) is 19.0. The largest absolute Gasteiger partial charge is 0.388 e. The van der Waals surface area contributed by atoms with Gasteiger partial charge in [0, 0.05) is 18.1 Å². The molecule has 2 saturated heterocycles. The van der Waals surface area contributed by atoms with Crippen LogP contribution in [-0.4, -0.2) is 108 Å². The Morgan fingerprint density at radius 2 is 1.59 bits per heavy atom. The van der Waals surface area contributed by atoms with Gasteiger partial charge in [-0.05, 0) is 40.2 Å². The SMILES string of the molecule is CNC1C(O)[C@@H](O[C@H]2C(N)C[C@H](N)C(O[C@H]3OC(C(C)N)CCC3N)C2O)OC[C@]1(C)O. The third-order valence-electron chi connectivity index (χ3n) is 6.81. The number of likely N-dealkylation sites (N-methyl/N-ethyl adjacent to an activating group) is 1. The zero-order valence-electron chi connectivity index (χ0n) is 19.0. The van der Waals surface area contributed by atoms with E-state index in [9.17, 15) is 15.3 Å². The van der Waals surface area contributed by atoms with Gasteiger partial charge in [-0.1, -0.05) is 0 Å². The van der Waals surface area contributed by atoms with Gasteiger partial charge in [-0.15, -0.1) is 0 Å². The number of nitrogens with one attached hydrogen (secondary N) is 1. The standard InChI is InChI=1S/C20H41N5O7/c1-8(21)12-5-4-9(22)18(30-12)31-15-10(23)6-11(24)16(13(15)26)32-19-14(27)17(25-3)20(2,28)7-29-19/h8-19,25-28H,4-7,21-24H2,1-3H3/t8?,9?,10-,11?,12?,13?,14?,15?,16-,17?,18+,19+,20-/m0/s1. The molecule has 3 aliphatic rings. The molecule has 12 heteroatoms. The second-order valence-corrected chi connectivity index (χ2v) is 9.69. The molecule has 0 spiro atoms. The molecule has 2 heterocycles. The maximum atomic E-state index is 11.1. The highest BCUT2D eigenvalue weighted by Crippen LogP contribution is 2.31. The van der Waals surface area contributed by atoms with E-state index in [-0.39, 0.29) is 24.8 Å². The minimum absolute atomic E-state index is 0.0683. The summed E-state index contributed by atoms with van der Waals surface area (Å²) in [5, 5.41) is 35.0. The van der Waals surface area contributed by atoms with Crippen LogP contribution < -0.4 is 28.3 Å². The first-order valence-electron chi connectivity index (χ1n) is 11.3. The van der Waals surface area contributed by atoms with E-state index in [1.165, 1.54) is 0 Å². The van der Waals surface area contributed by atoms with Crippen molar-refractivity contribution in [2.45, 2.75) is 112 Å². The Morgan fingerprint density at radius 1 is 1.00 bits per heavy atom. The van der Waals surface area contributed by atoms with Crippen LogP contribution in [0.2, 0.25) is 0 Å². The van der Waals surface area contributed by atoms with Crippen LogP contribution >= 0.6 is 0 Å². The Balaban J connectivity index is 1.69. The van der Waals surface area contributed by atoms with Crippen molar-refractivity contribution >= 4 is 0 Å². The molecule has 32 heavy (non-hydrogen) atoms. The van der Waals surface area contributed by atoms with Gasteiger partial charge in [0.15, 0.2) is 12.6 Å². The van der Waals surface area contributed by atoms with E-state index >= 15 is 0 Å². The van der Waals surface area contributed by atoms with Crippen LogP contribution in [0.3, 0.4) is 0 Å². The van der Waals surface area contributed by atoms with Gasteiger partial charge in [-0.25, -0.2) is 0 Å². The predicted octanol–water partition coefficient (Wildman–Crippen LogP) is -3.59. The van der Waals surface area contributed by atoms with Crippen LogP contribution in [0.5, 0.6) is 0 Å². The average molecular weight is 464 g/mol. The van der Waals surface area contributed by atoms with Crippen LogP contribution in [0.1, 0.15) is 33.1 Å². The van der Waals surface area contributed by atoms with Crippen LogP contribution in [0.25, 0.3) is 0 Å². The summed E-state index contributed by atoms with van der Waals surface area (Å²) in [4.78, 5) is 0. The van der Waals surface area contributed by atoms with Crippen molar-refractivity contribution < 1.29 is 34.3 Å². The van der Waals surface area contributed by atoms with Crippen LogP contribution in [0.15, 0.2) is 0 Å². The fraction of sp³-hybridized carbons (Fsp3) is 1.00. The summed E-state index contributed by atoms with van der Waals surface area (Å²) < 4.78 is 23.4. The molecule has 0 radical (unpaired) electrons. The molecule has 12 nitrogen and oxygen atoms in total. The van der Waals surface area contributed by atoms with Crippen LogP contribution in [0, 0.1) is 0 Å². The van der Waals surface area contributed by atoms with E-state index in [0.29, 0.717) is 12.8 Å². The number of aliphatic hydroxyl groups excluding tert-OH is 2. The maximum absolute atomic E-state index is 11.1. The molecule has 3 fully saturated rings. The lowest BCUT2D eigenvalue weighted by molar-refractivity contribution is -0.307. The summed E-state index contributed by atoms with van der Waals surface area (Å²) in [6.07, 6.45) is -4.58. The van der Waals surface area contributed by atoms with Crippen molar-refractivity contribution in [1.29, 1.82) is 0 Å². The molecule has 13 atom stereocenters. The van der Waals surface area contributed by atoms with Crippen LogP contribution in [0.4, 0.5) is 0 Å². The van der Waals surface area contributed by atoms with Crippen molar-refractivity contribution in [2.75, 3.05) is 13.7 Å². The molecular formula is C20H41N5O7. The van der Waals surface area contributed by atoms with E-state index in [0.717, 1.165) is 6.42 Å². The zero-order chi connectivity index (χ0) is 23.8. The van der Waals surface area contributed by atoms with Gasteiger partial charge in [-0.3, -0.25) is 0 Å². The Labute approximate surface area is 188 Å². The van der Waals surface area contributed by atoms with E-state index in [2.05, 4.69) is 5.32 Å². The lowest BCUT2D eigenvalue weighted by Crippen LogP contribution is -2.68. The lowest BCUT2D eigenvalue weighted by Gasteiger charge is -2.48. The minimum Gasteiger partial charge on any atom is -0.388 e. The molecular weight excluding hydrogens is 422 g/mol. The first-order chi connectivity index (χ1) is 15.0. The molecule has 0 aromatic rings. The van der Waals surface area contributed by atoms with Gasteiger partial charge in [0.25, 0.3) is 0 Å². The summed E-state index contributed by atoms with van der Waals surface area (Å²) in [6, 6.07) is -2.47. The van der Waals surface area contributed by atoms with Gasteiger partial charge in [0.1, 0.15) is 30.0 Å². The summed E-state index contributed by atoms with van der Waals surface area (Å²) in [5.74, 6) is 0. The minimum atomic E-state index is -1.29. The molecule has 188 valence electrons. The number of ether oxygens (including phenoxy) is 4. The molecule has 0 aromatic carbocycles. The highest BCUT2D eigenvalue weighted by Gasteiger charge is 2.50. The Morgan fingerprint density at radius 3 is 2.16 bits per heavy atom. The highest BCUT2D eigenvalue weighted by molar-refractivity contribution is 5.02. The normalized spacial score (nSPS) is 51.4. The average Bonchev–Trinajstić information content (AvgIpc) is 2.71. The van der Waals surface area contributed by atoms with E-state index < -0.39 is 60.7 Å². The second kappa shape index (κ2) is 10.4. The van der Waals surface area contributed by atoms with Gasteiger partial charge < -0.3 is 62.5 Å². The topological polar surface area (TPSA) is 214 Å². The molecule has 1 aliphatic carbocycles. The third kappa shape index (κ3) is 5.43. The lowest BCUT2D eigenvalue weighted by atomic mass is 9.84. The predicted molar refractivity (Wildman–Crippen MR) is 115 cm³/mol. The summed E-state index contributed by atoms with van der Waals surface area (Å²) in [5.41, 5.74) is 23.3. The summed E-state index contributed by atoms with van der Waals surface area (Å²) in [7, 11) is 1.62. The van der Waals surface area contributed by atoms with Crippen LogP contribution in [-0.2, 0) is 18.9 Å². The number of nitrogens with two attached hydrogens (primary N) is 4. The first-order valence-corrected chi connectivity index (χ1v) is 11.3. The monoisotopic (exact) mass is 463 g/mol. The molecule has 0 aromatic heterocycles. The molecule has 0 bridgehead atoms. The molecule has 0 amide bonds. The van der Waals surface area contributed by atoms with Gasteiger partial charge in [0.05, 0.1) is 24.8 Å². The number of rotatable bonds is 6. The smallest absolute Gasteiger partial charge is 0.185 e. The highest BCUT2D eigenvalue weighted by atomic mass is 16.7. The molecule has 3 rings (SSSR count). The van der Waals surface area contributed by atoms with Gasteiger partial charge in [0.2, 0.25) is 0 Å². The second-order valence-electron chi connectivity index (χ2n) is 9.69. The quantitative estimate of drug-likeness (QED) is 0.192. The third-order valence-corrected chi connectivity index (χ3v) is 6.81. The van der Waals surface area contributed by atoms with Gasteiger partial charge in [-0.2, -0.15) is 0 Å². The van der Waals surface area contributed by atoms with Crippen molar-refractivity contribution in [3.8, 4) is 0 Å². The van der Waals surface area contributed by atoms with Crippen molar-refractivity contribution in [3.05, 3.63) is 0 Å². The van der Waals surface area contributed by atoms with Gasteiger partial charge >= 0.3 is 0 Å². The molecule has 1 saturated carbocycles. The fourth-order valence-electron chi connectivity index (χ4n) is 4.87. The van der Waals surface area contributed by atoms with Crippen molar-refractivity contribution in [3.63, 3.8) is 0 Å². The number of hydrogen-bond donors (Lipinski definition) is 8. The number of aliphatic hydroxyl groups is 3. The molecule has 8 unspecified atom stereocenters. The van der Waals surface area contributed by atoms with Crippen molar-refractivity contribution in [2.24, 2.45) is 22.9 Å².